The summed E-state index contributed by atoms with van der Waals surface area (Å²) in [6, 6.07) is 5.92. The van der Waals surface area contributed by atoms with Crippen LogP contribution in [0, 0.1) is 13.8 Å². The van der Waals surface area contributed by atoms with Gasteiger partial charge in [0.25, 0.3) is 0 Å². The Kier molecular flexibility index (Phi) is 4.40. The molecule has 0 spiro atoms. The summed E-state index contributed by atoms with van der Waals surface area (Å²) in [5.74, 6) is 0.831. The van der Waals surface area contributed by atoms with Gasteiger partial charge in [0.15, 0.2) is 5.78 Å². The molecule has 0 saturated heterocycles. The number of ketones is 1. The number of aryl methyl sites for hydroxylation is 1. The highest BCUT2D eigenvalue weighted by molar-refractivity contribution is 8.00. The van der Waals surface area contributed by atoms with Crippen LogP contribution in [0.25, 0.3) is 0 Å². The van der Waals surface area contributed by atoms with E-state index in [0.29, 0.717) is 11.0 Å². The second kappa shape index (κ2) is 5.36. The van der Waals surface area contributed by atoms with Gasteiger partial charge in [0.1, 0.15) is 0 Å². The van der Waals surface area contributed by atoms with Gasteiger partial charge in [-0.3, -0.25) is 4.79 Å². The third-order valence-corrected chi connectivity index (χ3v) is 3.55. The highest BCUT2D eigenvalue weighted by Gasteiger charge is 2.10. The van der Waals surface area contributed by atoms with Crippen LogP contribution in [0.5, 0.6) is 0 Å². The fraction of sp³-hybridized carbons (Fsp3) is 0.462. The summed E-state index contributed by atoms with van der Waals surface area (Å²) in [7, 11) is 0. The maximum atomic E-state index is 11.9. The topological polar surface area (TPSA) is 17.1 Å². The molecule has 0 heterocycles. The molecule has 1 aromatic carbocycles. The first-order valence-corrected chi connectivity index (χ1v) is 6.28. The van der Waals surface area contributed by atoms with Crippen molar-refractivity contribution in [3.05, 3.63) is 34.9 Å². The van der Waals surface area contributed by atoms with Crippen molar-refractivity contribution >= 4 is 17.5 Å². The SMILES string of the molecule is Cc1cccc(C(=O)CSC(C)C)c1C. The molecule has 0 aliphatic carbocycles. The molecule has 0 N–H and O–H groups in total. The molecule has 1 aromatic rings. The maximum absolute atomic E-state index is 11.9. The number of hydrogen-bond acceptors (Lipinski definition) is 2. The van der Waals surface area contributed by atoms with E-state index in [2.05, 4.69) is 13.8 Å². The Balaban J connectivity index is 2.78. The predicted molar refractivity (Wildman–Crippen MR) is 67.8 cm³/mol. The Morgan fingerprint density at radius 2 is 2.00 bits per heavy atom. The van der Waals surface area contributed by atoms with E-state index >= 15 is 0 Å². The van der Waals surface area contributed by atoms with Crippen LogP contribution in [0.2, 0.25) is 0 Å². The highest BCUT2D eigenvalue weighted by atomic mass is 32.2. The number of benzene rings is 1. The monoisotopic (exact) mass is 222 g/mol. The van der Waals surface area contributed by atoms with E-state index in [9.17, 15) is 4.79 Å². The number of carbonyl (C=O) groups is 1. The van der Waals surface area contributed by atoms with Gasteiger partial charge in [0.05, 0.1) is 5.75 Å². The van der Waals surface area contributed by atoms with Crippen molar-refractivity contribution in [2.75, 3.05) is 5.75 Å². The Morgan fingerprint density at radius 1 is 1.33 bits per heavy atom. The lowest BCUT2D eigenvalue weighted by atomic mass is 10.0. The Morgan fingerprint density at radius 3 is 2.60 bits per heavy atom. The van der Waals surface area contributed by atoms with E-state index < -0.39 is 0 Å². The van der Waals surface area contributed by atoms with Crippen LogP contribution in [-0.2, 0) is 0 Å². The van der Waals surface area contributed by atoms with Crippen LogP contribution in [0.15, 0.2) is 18.2 Å². The minimum absolute atomic E-state index is 0.245. The molecule has 0 aromatic heterocycles. The van der Waals surface area contributed by atoms with E-state index in [0.717, 1.165) is 11.1 Å². The molecule has 82 valence electrons. The number of Topliss-reactive ketones (excluding diaryl/α,β-unsaturated/α-hetero) is 1. The van der Waals surface area contributed by atoms with Gasteiger partial charge in [0, 0.05) is 5.56 Å². The molecule has 1 rings (SSSR count). The van der Waals surface area contributed by atoms with Gasteiger partial charge < -0.3 is 0 Å². The van der Waals surface area contributed by atoms with Crippen LogP contribution >= 0.6 is 11.8 Å². The summed E-state index contributed by atoms with van der Waals surface area (Å²) in [6.07, 6.45) is 0. The van der Waals surface area contributed by atoms with Gasteiger partial charge in [0.2, 0.25) is 0 Å². The quantitative estimate of drug-likeness (QED) is 0.724. The fourth-order valence-corrected chi connectivity index (χ4v) is 2.01. The van der Waals surface area contributed by atoms with Crippen molar-refractivity contribution in [3.8, 4) is 0 Å². The Bertz CT molecular complexity index is 356. The van der Waals surface area contributed by atoms with Crippen molar-refractivity contribution in [1.82, 2.24) is 0 Å². The smallest absolute Gasteiger partial charge is 0.173 e. The van der Waals surface area contributed by atoms with Crippen molar-refractivity contribution in [1.29, 1.82) is 0 Å². The summed E-state index contributed by atoms with van der Waals surface area (Å²) in [5, 5.41) is 0.513. The third-order valence-electron chi connectivity index (χ3n) is 2.45. The van der Waals surface area contributed by atoms with Crippen molar-refractivity contribution < 1.29 is 4.79 Å². The second-order valence-corrected chi connectivity index (χ2v) is 5.60. The van der Waals surface area contributed by atoms with E-state index in [4.69, 9.17) is 0 Å². The summed E-state index contributed by atoms with van der Waals surface area (Å²) < 4.78 is 0. The number of hydrogen-bond donors (Lipinski definition) is 0. The zero-order chi connectivity index (χ0) is 11.4. The van der Waals surface area contributed by atoms with Crippen LogP contribution in [0.3, 0.4) is 0 Å². The van der Waals surface area contributed by atoms with Crippen LogP contribution in [-0.4, -0.2) is 16.8 Å². The first-order chi connectivity index (χ1) is 7.02. The van der Waals surface area contributed by atoms with Gasteiger partial charge in [-0.15, -0.1) is 0 Å². The minimum atomic E-state index is 0.245. The number of carbonyl (C=O) groups excluding carboxylic acids is 1. The van der Waals surface area contributed by atoms with Gasteiger partial charge in [-0.05, 0) is 30.2 Å². The minimum Gasteiger partial charge on any atom is -0.293 e. The summed E-state index contributed by atoms with van der Waals surface area (Å²) in [6.45, 7) is 8.28. The third kappa shape index (κ3) is 3.38. The lowest BCUT2D eigenvalue weighted by Gasteiger charge is -2.08. The zero-order valence-corrected chi connectivity index (χ0v) is 10.6. The Hall–Kier alpha value is -0.760. The van der Waals surface area contributed by atoms with Gasteiger partial charge in [-0.1, -0.05) is 32.0 Å². The summed E-state index contributed by atoms with van der Waals surface area (Å²) in [4.78, 5) is 11.9. The zero-order valence-electron chi connectivity index (χ0n) is 9.83. The molecule has 0 aliphatic rings. The van der Waals surface area contributed by atoms with Crippen LogP contribution in [0.1, 0.15) is 35.3 Å². The average molecular weight is 222 g/mol. The first kappa shape index (κ1) is 12.3. The van der Waals surface area contributed by atoms with Crippen LogP contribution < -0.4 is 0 Å². The Labute approximate surface area is 96.3 Å². The molecule has 2 heteroatoms. The standard InChI is InChI=1S/C13H18OS/c1-9(2)15-8-13(14)12-7-5-6-10(3)11(12)4/h5-7,9H,8H2,1-4H3. The molecule has 0 atom stereocenters. The molecular weight excluding hydrogens is 204 g/mol. The van der Waals surface area contributed by atoms with Gasteiger partial charge in [-0.2, -0.15) is 11.8 Å². The molecule has 0 aliphatic heterocycles. The van der Waals surface area contributed by atoms with Gasteiger partial charge in [-0.25, -0.2) is 0 Å². The second-order valence-electron chi connectivity index (χ2n) is 4.03. The van der Waals surface area contributed by atoms with Crippen LogP contribution in [0.4, 0.5) is 0 Å². The fourth-order valence-electron chi connectivity index (χ4n) is 1.37. The number of rotatable bonds is 4. The predicted octanol–water partition coefficient (Wildman–Crippen LogP) is 3.63. The molecule has 15 heavy (non-hydrogen) atoms. The number of thioether (sulfide) groups is 1. The van der Waals surface area contributed by atoms with Crippen molar-refractivity contribution in [2.45, 2.75) is 32.9 Å². The lowest BCUT2D eigenvalue weighted by molar-refractivity contribution is 0.102. The molecular formula is C13H18OS. The molecule has 0 amide bonds. The summed E-state index contributed by atoms with van der Waals surface area (Å²) >= 11 is 1.70. The van der Waals surface area contributed by atoms with E-state index in [1.807, 2.05) is 32.0 Å². The average Bonchev–Trinajstić information content (AvgIpc) is 2.18. The van der Waals surface area contributed by atoms with Gasteiger partial charge >= 0.3 is 0 Å². The van der Waals surface area contributed by atoms with Crippen molar-refractivity contribution in [3.63, 3.8) is 0 Å². The largest absolute Gasteiger partial charge is 0.293 e. The molecule has 0 unspecified atom stereocenters. The first-order valence-electron chi connectivity index (χ1n) is 5.23. The molecule has 0 radical (unpaired) electrons. The van der Waals surface area contributed by atoms with Crippen molar-refractivity contribution in [2.24, 2.45) is 0 Å². The molecule has 1 nitrogen and oxygen atoms in total. The lowest BCUT2D eigenvalue weighted by Crippen LogP contribution is -2.07. The maximum Gasteiger partial charge on any atom is 0.173 e. The van der Waals surface area contributed by atoms with E-state index in [1.54, 1.807) is 11.8 Å². The molecule has 0 fully saturated rings. The van der Waals surface area contributed by atoms with E-state index in [1.165, 1.54) is 5.56 Å². The molecule has 0 saturated carbocycles. The van der Waals surface area contributed by atoms with E-state index in [-0.39, 0.29) is 5.78 Å². The molecule has 0 bridgehead atoms. The highest BCUT2D eigenvalue weighted by Crippen LogP contribution is 2.17. The summed E-state index contributed by atoms with van der Waals surface area (Å²) in [5.41, 5.74) is 3.19. The normalized spacial score (nSPS) is 10.7.